The molecule has 3 rings (SSSR count). The lowest BCUT2D eigenvalue weighted by Gasteiger charge is -2.20. The Morgan fingerprint density at radius 1 is 1.08 bits per heavy atom. The number of ether oxygens (including phenoxy) is 3. The molecule has 2 amide bonds. The molecule has 0 saturated heterocycles. The van der Waals surface area contributed by atoms with Crippen LogP contribution in [0.25, 0.3) is 0 Å². The molecule has 190 valence electrons. The van der Waals surface area contributed by atoms with Crippen LogP contribution in [0.4, 0.5) is 10.5 Å². The van der Waals surface area contributed by atoms with Crippen LogP contribution >= 0.6 is 0 Å². The predicted octanol–water partition coefficient (Wildman–Crippen LogP) is 4.02. The first-order valence-corrected chi connectivity index (χ1v) is 11.3. The topological polar surface area (TPSA) is 128 Å². The molecule has 0 radical (unpaired) electrons. The lowest BCUT2D eigenvalue weighted by molar-refractivity contribution is -0.143. The lowest BCUT2D eigenvalue weighted by atomic mass is 10.0. The van der Waals surface area contributed by atoms with Crippen LogP contribution in [0.3, 0.4) is 0 Å². The van der Waals surface area contributed by atoms with Crippen molar-refractivity contribution in [3.05, 3.63) is 76.2 Å². The van der Waals surface area contributed by atoms with Crippen LogP contribution in [0, 0.1) is 6.92 Å². The number of carbonyl (C=O) groups is 2. The van der Waals surface area contributed by atoms with Gasteiger partial charge in [-0.15, -0.1) is 0 Å². The van der Waals surface area contributed by atoms with E-state index in [1.807, 2.05) is 12.1 Å². The van der Waals surface area contributed by atoms with Gasteiger partial charge in [-0.3, -0.25) is 9.59 Å². The van der Waals surface area contributed by atoms with Gasteiger partial charge in [-0.2, -0.15) is 0 Å². The molecule has 36 heavy (non-hydrogen) atoms. The van der Waals surface area contributed by atoms with Crippen molar-refractivity contribution in [3.63, 3.8) is 0 Å². The van der Waals surface area contributed by atoms with Crippen molar-refractivity contribution in [2.45, 2.75) is 26.3 Å². The summed E-state index contributed by atoms with van der Waals surface area (Å²) in [6.07, 6.45) is -0.147. The van der Waals surface area contributed by atoms with Crippen LogP contribution in [0.2, 0.25) is 0 Å². The molecular weight excluding hydrogens is 466 g/mol. The summed E-state index contributed by atoms with van der Waals surface area (Å²) in [4.78, 5) is 37.4. The molecule has 0 fully saturated rings. The quantitative estimate of drug-likeness (QED) is 0.383. The molecule has 10 nitrogen and oxygen atoms in total. The van der Waals surface area contributed by atoms with Crippen LogP contribution in [0.1, 0.15) is 30.6 Å². The summed E-state index contributed by atoms with van der Waals surface area (Å²) < 4.78 is 17.5. The summed E-state index contributed by atoms with van der Waals surface area (Å²) in [5.41, 5.74) is 0.296. The Morgan fingerprint density at radius 3 is 2.39 bits per heavy atom. The van der Waals surface area contributed by atoms with Crippen molar-refractivity contribution in [2.24, 2.45) is 7.05 Å². The van der Waals surface area contributed by atoms with Gasteiger partial charge < -0.3 is 34.5 Å². The maximum absolute atomic E-state index is 12.7. The Morgan fingerprint density at radius 2 is 1.75 bits per heavy atom. The van der Waals surface area contributed by atoms with Gasteiger partial charge in [0.15, 0.2) is 17.2 Å². The number of hydrogen-bond acceptors (Lipinski definition) is 7. The summed E-state index contributed by atoms with van der Waals surface area (Å²) in [6.45, 7) is 3.53. The van der Waals surface area contributed by atoms with E-state index < -0.39 is 23.6 Å². The summed E-state index contributed by atoms with van der Waals surface area (Å²) in [7, 11) is 3.08. The number of amides is 2. The predicted molar refractivity (Wildman–Crippen MR) is 134 cm³/mol. The number of aryl methyl sites for hydroxylation is 1. The summed E-state index contributed by atoms with van der Waals surface area (Å²) in [5, 5.41) is 15.2. The van der Waals surface area contributed by atoms with Crippen molar-refractivity contribution in [2.75, 3.05) is 19.0 Å². The van der Waals surface area contributed by atoms with E-state index in [1.54, 1.807) is 57.4 Å². The van der Waals surface area contributed by atoms with E-state index in [0.717, 1.165) is 0 Å². The minimum absolute atomic E-state index is 0.147. The zero-order chi connectivity index (χ0) is 26.2. The number of nitrogens with zero attached hydrogens (tertiary/aromatic N) is 1. The van der Waals surface area contributed by atoms with Gasteiger partial charge in [-0.25, -0.2) is 4.79 Å². The van der Waals surface area contributed by atoms with Crippen LogP contribution in [-0.4, -0.2) is 35.4 Å². The van der Waals surface area contributed by atoms with Crippen LogP contribution < -0.4 is 25.7 Å². The Labute approximate surface area is 208 Å². The largest absolute Gasteiger partial charge is 0.505 e. The van der Waals surface area contributed by atoms with Crippen molar-refractivity contribution in [1.29, 1.82) is 0 Å². The second kappa shape index (κ2) is 11.8. The highest BCUT2D eigenvalue weighted by molar-refractivity contribution is 5.91. The van der Waals surface area contributed by atoms with Gasteiger partial charge in [0.25, 0.3) is 5.56 Å². The molecule has 3 aromatic rings. The molecule has 1 heterocycles. The molecule has 0 aliphatic rings. The van der Waals surface area contributed by atoms with E-state index in [9.17, 15) is 19.5 Å². The molecular formula is C26H29N3O7. The Kier molecular flexibility index (Phi) is 8.56. The fraction of sp³-hybridized carbons (Fsp3) is 0.269. The maximum atomic E-state index is 12.7. The minimum Gasteiger partial charge on any atom is -0.505 e. The first-order valence-electron chi connectivity index (χ1n) is 11.3. The van der Waals surface area contributed by atoms with Gasteiger partial charge in [-0.1, -0.05) is 24.3 Å². The lowest BCUT2D eigenvalue weighted by Crippen LogP contribution is -2.36. The van der Waals surface area contributed by atoms with Crippen molar-refractivity contribution in [1.82, 2.24) is 9.88 Å². The maximum Gasteiger partial charge on any atom is 0.319 e. The highest BCUT2D eigenvalue weighted by atomic mass is 16.5. The van der Waals surface area contributed by atoms with Gasteiger partial charge in [-0.05, 0) is 43.7 Å². The summed E-state index contributed by atoms with van der Waals surface area (Å²) in [5.74, 6) is 0.769. The normalized spacial score (nSPS) is 11.3. The smallest absolute Gasteiger partial charge is 0.319 e. The zero-order valence-corrected chi connectivity index (χ0v) is 20.5. The molecule has 0 aliphatic carbocycles. The second-order valence-corrected chi connectivity index (χ2v) is 7.89. The number of aromatic nitrogens is 1. The average molecular weight is 496 g/mol. The molecule has 0 spiro atoms. The van der Waals surface area contributed by atoms with Crippen molar-refractivity contribution >= 4 is 17.7 Å². The van der Waals surface area contributed by atoms with E-state index in [0.29, 0.717) is 28.5 Å². The van der Waals surface area contributed by atoms with Gasteiger partial charge in [0, 0.05) is 18.8 Å². The Balaban J connectivity index is 1.80. The van der Waals surface area contributed by atoms with Gasteiger partial charge in [0.2, 0.25) is 0 Å². The molecule has 0 aliphatic heterocycles. The molecule has 1 atom stereocenters. The number of benzene rings is 2. The molecule has 3 N–H and O–H groups in total. The second-order valence-electron chi connectivity index (χ2n) is 7.89. The average Bonchev–Trinajstić information content (AvgIpc) is 2.86. The van der Waals surface area contributed by atoms with E-state index in [2.05, 4.69) is 10.6 Å². The third kappa shape index (κ3) is 6.35. The number of anilines is 1. The van der Waals surface area contributed by atoms with Gasteiger partial charge in [0.1, 0.15) is 11.5 Å². The van der Waals surface area contributed by atoms with Crippen molar-refractivity contribution < 1.29 is 28.9 Å². The van der Waals surface area contributed by atoms with Crippen LogP contribution in [0.15, 0.2) is 59.4 Å². The molecule has 2 aromatic carbocycles. The first kappa shape index (κ1) is 26.1. The number of nitrogens with one attached hydrogen (secondary N) is 2. The van der Waals surface area contributed by atoms with E-state index in [-0.39, 0.29) is 24.5 Å². The van der Waals surface area contributed by atoms with Crippen molar-refractivity contribution in [3.8, 4) is 23.0 Å². The Bertz CT molecular complexity index is 1290. The number of hydrogen-bond donors (Lipinski definition) is 3. The number of urea groups is 1. The molecule has 0 saturated carbocycles. The summed E-state index contributed by atoms with van der Waals surface area (Å²) >= 11 is 0. The Hall–Kier alpha value is -4.47. The molecule has 1 unspecified atom stereocenters. The number of pyridine rings is 1. The molecule has 1 aromatic heterocycles. The van der Waals surface area contributed by atoms with E-state index in [1.165, 1.54) is 17.7 Å². The van der Waals surface area contributed by atoms with Gasteiger partial charge >= 0.3 is 12.0 Å². The number of aromatic hydroxyl groups is 1. The third-order valence-corrected chi connectivity index (χ3v) is 5.45. The van der Waals surface area contributed by atoms with Crippen LogP contribution in [-0.2, 0) is 16.6 Å². The number of para-hydroxylation sites is 2. The molecule has 0 bridgehead atoms. The van der Waals surface area contributed by atoms with E-state index >= 15 is 0 Å². The SMILES string of the molecule is CCOC(=O)CC(NC(=O)Nc1c(O)cc(C)n(C)c1=O)c1ccc(Oc2ccccc2OC)cc1. The number of rotatable bonds is 9. The van der Waals surface area contributed by atoms with Gasteiger partial charge in [0.05, 0.1) is 26.2 Å². The van der Waals surface area contributed by atoms with E-state index in [4.69, 9.17) is 14.2 Å². The standard InChI is InChI=1S/C26H29N3O7/c1-5-35-23(31)15-19(27-26(33)28-24-20(30)14-16(2)29(3)25(24)32)17-10-12-18(13-11-17)36-22-9-7-6-8-21(22)34-4/h6-14,19,30H,5,15H2,1-4H3,(H2,27,28,33). The highest BCUT2D eigenvalue weighted by Crippen LogP contribution is 2.31. The highest BCUT2D eigenvalue weighted by Gasteiger charge is 2.21. The fourth-order valence-electron chi connectivity index (χ4n) is 3.47. The zero-order valence-electron chi connectivity index (χ0n) is 20.5. The fourth-order valence-corrected chi connectivity index (χ4v) is 3.47. The third-order valence-electron chi connectivity index (χ3n) is 5.45. The van der Waals surface area contributed by atoms with Crippen LogP contribution in [0.5, 0.6) is 23.0 Å². The summed E-state index contributed by atoms with van der Waals surface area (Å²) in [6, 6.07) is 13.8. The minimum atomic E-state index is -0.777. The number of esters is 1. The number of methoxy groups -OCH3 is 1. The molecule has 10 heteroatoms. The number of carbonyl (C=O) groups excluding carboxylic acids is 2. The first-order chi connectivity index (χ1) is 17.2. The monoisotopic (exact) mass is 495 g/mol.